The number of amides is 2. The van der Waals surface area contributed by atoms with Gasteiger partial charge in [-0.25, -0.2) is 4.79 Å². The molecule has 0 aromatic carbocycles. The Morgan fingerprint density at radius 3 is 2.62 bits per heavy atom. The molecule has 16 heavy (non-hydrogen) atoms. The summed E-state index contributed by atoms with van der Waals surface area (Å²) in [6.07, 6.45) is 0.123. The van der Waals surface area contributed by atoms with Gasteiger partial charge in [-0.15, -0.1) is 0 Å². The number of nitrogens with zero attached hydrogens (tertiary/aromatic N) is 2. The van der Waals surface area contributed by atoms with Gasteiger partial charge in [0.05, 0.1) is 12.7 Å². The van der Waals surface area contributed by atoms with Gasteiger partial charge in [0.2, 0.25) is 0 Å². The van der Waals surface area contributed by atoms with E-state index in [1.807, 2.05) is 25.8 Å². The molecule has 1 heterocycles. The minimum Gasteiger partial charge on any atom is -0.374 e. The fourth-order valence-electron chi connectivity index (χ4n) is 1.86. The molecule has 5 heteroatoms. The molecule has 5 nitrogen and oxygen atoms in total. The molecule has 1 N–H and O–H groups in total. The molecule has 1 aliphatic rings. The number of ether oxygens (including phenoxy) is 1. The summed E-state index contributed by atoms with van der Waals surface area (Å²) in [6.45, 7) is 8.62. The first-order chi connectivity index (χ1) is 7.69. The van der Waals surface area contributed by atoms with E-state index in [4.69, 9.17) is 4.74 Å². The minimum atomic E-state index is 0.0826. The lowest BCUT2D eigenvalue weighted by Gasteiger charge is -2.31. The Hall–Kier alpha value is -0.810. The molecule has 1 saturated heterocycles. The molecule has 94 valence electrons. The van der Waals surface area contributed by atoms with Gasteiger partial charge >= 0.3 is 6.03 Å². The number of morpholine rings is 1. The van der Waals surface area contributed by atoms with Gasteiger partial charge in [-0.3, -0.25) is 0 Å². The van der Waals surface area contributed by atoms with E-state index < -0.39 is 0 Å². The zero-order valence-electron chi connectivity index (χ0n) is 10.5. The highest BCUT2D eigenvalue weighted by molar-refractivity contribution is 5.74. The molecule has 1 aliphatic heterocycles. The summed E-state index contributed by atoms with van der Waals surface area (Å²) in [4.78, 5) is 15.5. The third-order valence-corrected chi connectivity index (χ3v) is 2.84. The van der Waals surface area contributed by atoms with E-state index >= 15 is 0 Å². The first-order valence-corrected chi connectivity index (χ1v) is 6.01. The average molecular weight is 229 g/mol. The second-order valence-corrected chi connectivity index (χ2v) is 4.03. The van der Waals surface area contributed by atoms with Crippen molar-refractivity contribution >= 4 is 6.03 Å². The van der Waals surface area contributed by atoms with Crippen LogP contribution in [-0.2, 0) is 4.74 Å². The van der Waals surface area contributed by atoms with Crippen LogP contribution in [0.4, 0.5) is 4.79 Å². The zero-order valence-corrected chi connectivity index (χ0v) is 10.5. The molecule has 0 spiro atoms. The normalized spacial score (nSPS) is 20.6. The van der Waals surface area contributed by atoms with Crippen LogP contribution in [0.5, 0.6) is 0 Å². The van der Waals surface area contributed by atoms with E-state index in [-0.39, 0.29) is 12.1 Å². The topological polar surface area (TPSA) is 44.8 Å². The van der Waals surface area contributed by atoms with Crippen LogP contribution < -0.4 is 5.32 Å². The van der Waals surface area contributed by atoms with Crippen molar-refractivity contribution in [1.29, 1.82) is 0 Å². The number of carbonyl (C=O) groups excluding carboxylic acids is 1. The smallest absolute Gasteiger partial charge is 0.319 e. The van der Waals surface area contributed by atoms with E-state index in [0.717, 1.165) is 32.8 Å². The van der Waals surface area contributed by atoms with E-state index in [2.05, 4.69) is 5.32 Å². The molecule has 0 saturated carbocycles. The Balaban J connectivity index is 2.37. The van der Waals surface area contributed by atoms with Gasteiger partial charge in [0, 0.05) is 39.8 Å². The molecule has 0 aliphatic carbocycles. The fourth-order valence-corrected chi connectivity index (χ4v) is 1.86. The summed E-state index contributed by atoms with van der Waals surface area (Å²) >= 11 is 0. The monoisotopic (exact) mass is 229 g/mol. The highest BCUT2D eigenvalue weighted by Gasteiger charge is 2.20. The number of nitrogens with one attached hydrogen (secondary N) is 1. The molecule has 0 aromatic heterocycles. The van der Waals surface area contributed by atoms with Crippen LogP contribution in [0.15, 0.2) is 0 Å². The number of carbonyl (C=O) groups is 1. The summed E-state index contributed by atoms with van der Waals surface area (Å²) in [5.74, 6) is 0. The van der Waals surface area contributed by atoms with Crippen LogP contribution in [-0.4, -0.2) is 68.3 Å². The molecule has 1 fully saturated rings. The number of hydrogen-bond acceptors (Lipinski definition) is 3. The second kappa shape index (κ2) is 6.70. The number of rotatable bonds is 4. The Morgan fingerprint density at radius 1 is 1.44 bits per heavy atom. The third-order valence-electron chi connectivity index (χ3n) is 2.84. The van der Waals surface area contributed by atoms with Gasteiger partial charge in [0.15, 0.2) is 0 Å². The molecule has 2 amide bonds. The number of likely N-dealkylation sites (N-methyl/N-ethyl adjacent to an activating group) is 1. The molecule has 0 aromatic rings. The van der Waals surface area contributed by atoms with Gasteiger partial charge in [0.1, 0.15) is 0 Å². The average Bonchev–Trinajstić information content (AvgIpc) is 2.31. The lowest BCUT2D eigenvalue weighted by molar-refractivity contribution is 0.0132. The van der Waals surface area contributed by atoms with Crippen molar-refractivity contribution in [2.75, 3.05) is 46.4 Å². The Bertz CT molecular complexity index is 213. The van der Waals surface area contributed by atoms with Crippen LogP contribution in [0.3, 0.4) is 0 Å². The maximum absolute atomic E-state index is 12.0. The highest BCUT2D eigenvalue weighted by Crippen LogP contribution is 2.02. The van der Waals surface area contributed by atoms with Crippen molar-refractivity contribution in [2.45, 2.75) is 20.0 Å². The predicted molar refractivity (Wildman–Crippen MR) is 63.6 cm³/mol. The van der Waals surface area contributed by atoms with Crippen molar-refractivity contribution in [3.63, 3.8) is 0 Å². The lowest BCUT2D eigenvalue weighted by Crippen LogP contribution is -2.49. The molecule has 0 bridgehead atoms. The number of hydrogen-bond donors (Lipinski definition) is 1. The predicted octanol–water partition coefficient (Wildman–Crippen LogP) is 0.368. The van der Waals surface area contributed by atoms with Crippen LogP contribution in [0, 0.1) is 0 Å². The lowest BCUT2D eigenvalue weighted by atomic mass is 10.3. The largest absolute Gasteiger partial charge is 0.374 e. The maximum Gasteiger partial charge on any atom is 0.319 e. The molecular weight excluding hydrogens is 206 g/mol. The summed E-state index contributed by atoms with van der Waals surface area (Å²) in [6, 6.07) is 0.0826. The fraction of sp³-hybridized carbons (Fsp3) is 0.909. The van der Waals surface area contributed by atoms with Crippen LogP contribution >= 0.6 is 0 Å². The Morgan fingerprint density at radius 2 is 2.12 bits per heavy atom. The van der Waals surface area contributed by atoms with Gasteiger partial charge in [-0.2, -0.15) is 0 Å². The minimum absolute atomic E-state index is 0.0826. The molecule has 1 atom stereocenters. The van der Waals surface area contributed by atoms with E-state index in [0.29, 0.717) is 6.54 Å². The molecule has 1 unspecified atom stereocenters. The highest BCUT2D eigenvalue weighted by atomic mass is 16.5. The van der Waals surface area contributed by atoms with Crippen molar-refractivity contribution < 1.29 is 9.53 Å². The van der Waals surface area contributed by atoms with Gasteiger partial charge in [-0.05, 0) is 13.8 Å². The van der Waals surface area contributed by atoms with Crippen LogP contribution in [0.25, 0.3) is 0 Å². The van der Waals surface area contributed by atoms with E-state index in [9.17, 15) is 4.79 Å². The van der Waals surface area contributed by atoms with Crippen molar-refractivity contribution in [2.24, 2.45) is 0 Å². The summed E-state index contributed by atoms with van der Waals surface area (Å²) in [5, 5.41) is 3.26. The second-order valence-electron chi connectivity index (χ2n) is 4.03. The maximum atomic E-state index is 12.0. The summed E-state index contributed by atoms with van der Waals surface area (Å²) in [5.41, 5.74) is 0. The van der Waals surface area contributed by atoms with E-state index in [1.165, 1.54) is 0 Å². The molecule has 1 rings (SSSR count). The summed E-state index contributed by atoms with van der Waals surface area (Å²) in [7, 11) is 1.83. The van der Waals surface area contributed by atoms with Crippen molar-refractivity contribution in [3.8, 4) is 0 Å². The van der Waals surface area contributed by atoms with Crippen molar-refractivity contribution in [3.05, 3.63) is 0 Å². The zero-order chi connectivity index (χ0) is 12.0. The van der Waals surface area contributed by atoms with Gasteiger partial charge < -0.3 is 19.9 Å². The van der Waals surface area contributed by atoms with Gasteiger partial charge in [0.25, 0.3) is 0 Å². The molecule has 0 radical (unpaired) electrons. The SMILES string of the molecule is CCN(CC)C(=O)N(C)CC1CNCCO1. The first-order valence-electron chi connectivity index (χ1n) is 6.01. The Kier molecular flexibility index (Phi) is 5.55. The van der Waals surface area contributed by atoms with Gasteiger partial charge in [-0.1, -0.05) is 0 Å². The van der Waals surface area contributed by atoms with Crippen molar-refractivity contribution in [1.82, 2.24) is 15.1 Å². The standard InChI is InChI=1S/C11H23N3O2/c1-4-14(5-2)11(15)13(3)9-10-8-12-6-7-16-10/h10,12H,4-9H2,1-3H3. The first kappa shape index (κ1) is 13.3. The Labute approximate surface area is 97.7 Å². The third kappa shape index (κ3) is 3.64. The van der Waals surface area contributed by atoms with Crippen LogP contribution in [0.2, 0.25) is 0 Å². The van der Waals surface area contributed by atoms with Crippen LogP contribution in [0.1, 0.15) is 13.8 Å². The molecular formula is C11H23N3O2. The quantitative estimate of drug-likeness (QED) is 0.757. The summed E-state index contributed by atoms with van der Waals surface area (Å²) < 4.78 is 5.57. The van der Waals surface area contributed by atoms with E-state index in [1.54, 1.807) is 4.90 Å². The number of urea groups is 1.